The van der Waals surface area contributed by atoms with Crippen LogP contribution in [-0.2, 0) is 0 Å². The van der Waals surface area contributed by atoms with E-state index in [1.807, 2.05) is 11.0 Å². The molecule has 1 heterocycles. The minimum absolute atomic E-state index is 0.0417. The van der Waals surface area contributed by atoms with E-state index in [0.29, 0.717) is 17.9 Å². The number of para-hydroxylation sites is 1. The molecule has 0 saturated carbocycles. The molecule has 1 fully saturated rings. The molecule has 25 heavy (non-hydrogen) atoms. The third kappa shape index (κ3) is 3.69. The molecule has 3 rings (SSSR count). The van der Waals surface area contributed by atoms with Gasteiger partial charge in [-0.15, -0.1) is 0 Å². The van der Waals surface area contributed by atoms with Gasteiger partial charge in [-0.1, -0.05) is 12.1 Å². The number of nitriles is 1. The molecule has 7 heteroatoms. The maximum atomic E-state index is 14.0. The standard InChI is InChI=1S/C18H17FN4O2/c19-15-5-1-2-6-17(15)22-9-3-4-14(12-22)21-16-8-7-13(11-20)10-18(16)23(24)25/h1-2,5-8,10,14,21H,3-4,9,12H2. The van der Waals surface area contributed by atoms with Gasteiger partial charge in [-0.3, -0.25) is 10.1 Å². The van der Waals surface area contributed by atoms with E-state index >= 15 is 0 Å². The van der Waals surface area contributed by atoms with Gasteiger partial charge in [-0.2, -0.15) is 5.26 Å². The fourth-order valence-corrected chi connectivity index (χ4v) is 3.12. The molecule has 128 valence electrons. The number of anilines is 2. The van der Waals surface area contributed by atoms with Gasteiger partial charge in [0.2, 0.25) is 0 Å². The molecular weight excluding hydrogens is 323 g/mol. The smallest absolute Gasteiger partial charge is 0.293 e. The van der Waals surface area contributed by atoms with E-state index in [4.69, 9.17) is 5.26 Å². The van der Waals surface area contributed by atoms with E-state index in [0.717, 1.165) is 19.4 Å². The lowest BCUT2D eigenvalue weighted by atomic mass is 10.0. The Morgan fingerprint density at radius 1 is 1.32 bits per heavy atom. The zero-order valence-corrected chi connectivity index (χ0v) is 13.5. The normalized spacial score (nSPS) is 17.0. The molecule has 0 amide bonds. The Kier molecular flexibility index (Phi) is 4.80. The van der Waals surface area contributed by atoms with E-state index in [9.17, 15) is 14.5 Å². The van der Waals surface area contributed by atoms with Crippen LogP contribution < -0.4 is 10.2 Å². The summed E-state index contributed by atoms with van der Waals surface area (Å²) in [5, 5.41) is 23.4. The summed E-state index contributed by atoms with van der Waals surface area (Å²) in [5.74, 6) is -0.271. The average molecular weight is 340 g/mol. The third-order valence-corrected chi connectivity index (χ3v) is 4.30. The monoisotopic (exact) mass is 340 g/mol. The quantitative estimate of drug-likeness (QED) is 0.678. The molecule has 2 aromatic carbocycles. The molecule has 1 unspecified atom stereocenters. The highest BCUT2D eigenvalue weighted by Gasteiger charge is 2.24. The van der Waals surface area contributed by atoms with Crippen LogP contribution in [0.2, 0.25) is 0 Å². The summed E-state index contributed by atoms with van der Waals surface area (Å²) < 4.78 is 14.0. The minimum atomic E-state index is -0.499. The van der Waals surface area contributed by atoms with Gasteiger partial charge in [0.1, 0.15) is 11.5 Å². The first-order valence-corrected chi connectivity index (χ1v) is 8.03. The summed E-state index contributed by atoms with van der Waals surface area (Å²) in [5.41, 5.74) is 1.05. The van der Waals surface area contributed by atoms with Crippen LogP contribution in [0, 0.1) is 27.3 Å². The second kappa shape index (κ2) is 7.18. The number of piperidine rings is 1. The van der Waals surface area contributed by atoms with Crippen LogP contribution in [-0.4, -0.2) is 24.1 Å². The summed E-state index contributed by atoms with van der Waals surface area (Å²) in [7, 11) is 0. The largest absolute Gasteiger partial charge is 0.375 e. The molecule has 6 nitrogen and oxygen atoms in total. The van der Waals surface area contributed by atoms with Crippen molar-refractivity contribution in [2.75, 3.05) is 23.3 Å². The Balaban J connectivity index is 1.79. The van der Waals surface area contributed by atoms with Crippen molar-refractivity contribution in [3.8, 4) is 6.07 Å². The predicted molar refractivity (Wildman–Crippen MR) is 93.1 cm³/mol. The number of nitrogens with one attached hydrogen (secondary N) is 1. The number of hydrogen-bond acceptors (Lipinski definition) is 5. The van der Waals surface area contributed by atoms with E-state index in [2.05, 4.69) is 5.32 Å². The van der Waals surface area contributed by atoms with Crippen molar-refractivity contribution >= 4 is 17.1 Å². The molecule has 0 spiro atoms. The van der Waals surface area contributed by atoms with Gasteiger partial charge in [-0.05, 0) is 37.1 Å². The van der Waals surface area contributed by atoms with Crippen molar-refractivity contribution in [3.63, 3.8) is 0 Å². The summed E-state index contributed by atoms with van der Waals surface area (Å²) >= 11 is 0. The first kappa shape index (κ1) is 16.7. The van der Waals surface area contributed by atoms with Gasteiger partial charge in [0.25, 0.3) is 5.69 Å². The minimum Gasteiger partial charge on any atom is -0.375 e. The molecule has 1 aliphatic rings. The van der Waals surface area contributed by atoms with Crippen LogP contribution in [0.5, 0.6) is 0 Å². The number of hydrogen-bond donors (Lipinski definition) is 1. The SMILES string of the molecule is N#Cc1ccc(NC2CCCN(c3ccccc3F)C2)c([N+](=O)[O-])c1. The lowest BCUT2D eigenvalue weighted by Crippen LogP contribution is -2.42. The maximum Gasteiger partial charge on any atom is 0.293 e. The van der Waals surface area contributed by atoms with Crippen LogP contribution in [0.25, 0.3) is 0 Å². The maximum absolute atomic E-state index is 14.0. The fraction of sp³-hybridized carbons (Fsp3) is 0.278. The lowest BCUT2D eigenvalue weighted by Gasteiger charge is -2.35. The highest BCUT2D eigenvalue weighted by Crippen LogP contribution is 2.29. The van der Waals surface area contributed by atoms with E-state index in [-0.39, 0.29) is 23.1 Å². The Hall–Kier alpha value is -3.14. The first-order chi connectivity index (χ1) is 12.1. The van der Waals surface area contributed by atoms with Crippen LogP contribution >= 0.6 is 0 Å². The number of benzene rings is 2. The van der Waals surface area contributed by atoms with Crippen molar-refractivity contribution in [2.24, 2.45) is 0 Å². The Morgan fingerprint density at radius 2 is 2.12 bits per heavy atom. The number of nitro groups is 1. The molecule has 0 radical (unpaired) electrons. The van der Waals surface area contributed by atoms with Gasteiger partial charge in [0.15, 0.2) is 0 Å². The summed E-state index contributed by atoms with van der Waals surface area (Å²) in [6.07, 6.45) is 1.69. The van der Waals surface area contributed by atoms with Crippen molar-refractivity contribution in [1.82, 2.24) is 0 Å². The Labute approximate surface area is 144 Å². The molecule has 0 aliphatic carbocycles. The van der Waals surface area contributed by atoms with Crippen LogP contribution in [0.1, 0.15) is 18.4 Å². The predicted octanol–water partition coefficient (Wildman–Crippen LogP) is 3.69. The molecular formula is C18H17FN4O2. The van der Waals surface area contributed by atoms with Gasteiger partial charge < -0.3 is 10.2 Å². The molecule has 1 aliphatic heterocycles. The van der Waals surface area contributed by atoms with Crippen molar-refractivity contribution in [1.29, 1.82) is 5.26 Å². The number of halogens is 1. The Morgan fingerprint density at radius 3 is 2.84 bits per heavy atom. The fourth-order valence-electron chi connectivity index (χ4n) is 3.12. The van der Waals surface area contributed by atoms with Gasteiger partial charge in [0, 0.05) is 25.2 Å². The second-order valence-electron chi connectivity index (χ2n) is 5.98. The van der Waals surface area contributed by atoms with Gasteiger partial charge in [0.05, 0.1) is 22.2 Å². The average Bonchev–Trinajstić information content (AvgIpc) is 2.62. The molecule has 0 aromatic heterocycles. The number of rotatable bonds is 4. The lowest BCUT2D eigenvalue weighted by molar-refractivity contribution is -0.384. The van der Waals surface area contributed by atoms with Gasteiger partial charge >= 0.3 is 0 Å². The van der Waals surface area contributed by atoms with Crippen LogP contribution in [0.15, 0.2) is 42.5 Å². The zero-order valence-electron chi connectivity index (χ0n) is 13.5. The topological polar surface area (TPSA) is 82.2 Å². The van der Waals surface area contributed by atoms with E-state index in [1.54, 1.807) is 30.3 Å². The van der Waals surface area contributed by atoms with Crippen LogP contribution in [0.4, 0.5) is 21.5 Å². The van der Waals surface area contributed by atoms with E-state index < -0.39 is 4.92 Å². The molecule has 2 aromatic rings. The molecule has 1 atom stereocenters. The highest BCUT2D eigenvalue weighted by molar-refractivity contribution is 5.64. The Bertz CT molecular complexity index is 834. The summed E-state index contributed by atoms with van der Waals surface area (Å²) in [4.78, 5) is 12.7. The van der Waals surface area contributed by atoms with Crippen molar-refractivity contribution in [3.05, 3.63) is 64.0 Å². The molecule has 1 N–H and O–H groups in total. The number of nitro benzene ring substituents is 1. The third-order valence-electron chi connectivity index (χ3n) is 4.30. The van der Waals surface area contributed by atoms with Gasteiger partial charge in [-0.25, -0.2) is 4.39 Å². The zero-order chi connectivity index (χ0) is 17.8. The summed E-state index contributed by atoms with van der Waals surface area (Å²) in [6, 6.07) is 12.8. The van der Waals surface area contributed by atoms with Crippen LogP contribution in [0.3, 0.4) is 0 Å². The molecule has 1 saturated heterocycles. The first-order valence-electron chi connectivity index (χ1n) is 8.03. The molecule has 0 bridgehead atoms. The summed E-state index contributed by atoms with van der Waals surface area (Å²) in [6.45, 7) is 1.30. The number of nitrogens with zero attached hydrogens (tertiary/aromatic N) is 3. The van der Waals surface area contributed by atoms with Crippen molar-refractivity contribution < 1.29 is 9.31 Å². The second-order valence-corrected chi connectivity index (χ2v) is 5.98. The van der Waals surface area contributed by atoms with Crippen molar-refractivity contribution in [2.45, 2.75) is 18.9 Å². The highest BCUT2D eigenvalue weighted by atomic mass is 19.1. The van der Waals surface area contributed by atoms with E-state index in [1.165, 1.54) is 12.1 Å².